The van der Waals surface area contributed by atoms with Gasteiger partial charge in [-0.2, -0.15) is 13.2 Å². The minimum Gasteiger partial charge on any atom is -0.497 e. The van der Waals surface area contributed by atoms with Gasteiger partial charge in [-0.25, -0.2) is 13.4 Å². The summed E-state index contributed by atoms with van der Waals surface area (Å²) in [6.45, 7) is 0. The molecule has 142 valence electrons. The standard InChI is InChI=1S/C17H14F3N3O3S/c1-26-12-7-8-21-14(9-12)16-22-15(17(18,19)20)10-23(16)11-3-5-13(6-4-11)27(2,24)25/h3-10H,1-2H3. The van der Waals surface area contributed by atoms with Crippen LogP contribution >= 0.6 is 0 Å². The highest BCUT2D eigenvalue weighted by Crippen LogP contribution is 2.33. The van der Waals surface area contributed by atoms with E-state index < -0.39 is 21.7 Å². The average molecular weight is 397 g/mol. The van der Waals surface area contributed by atoms with Crippen molar-refractivity contribution in [2.75, 3.05) is 13.4 Å². The molecule has 27 heavy (non-hydrogen) atoms. The van der Waals surface area contributed by atoms with Crippen molar-refractivity contribution in [3.63, 3.8) is 0 Å². The number of alkyl halides is 3. The lowest BCUT2D eigenvalue weighted by molar-refractivity contribution is -0.140. The Bertz CT molecular complexity index is 1070. The van der Waals surface area contributed by atoms with E-state index in [-0.39, 0.29) is 16.4 Å². The molecule has 3 rings (SSSR count). The van der Waals surface area contributed by atoms with Gasteiger partial charge in [0, 0.05) is 30.4 Å². The minimum absolute atomic E-state index is 0.0478. The number of nitrogens with zero attached hydrogens (tertiary/aromatic N) is 3. The van der Waals surface area contributed by atoms with Crippen LogP contribution in [0.1, 0.15) is 5.69 Å². The fraction of sp³-hybridized carbons (Fsp3) is 0.176. The summed E-state index contributed by atoms with van der Waals surface area (Å²) in [4.78, 5) is 7.80. The highest BCUT2D eigenvalue weighted by atomic mass is 32.2. The van der Waals surface area contributed by atoms with Crippen molar-refractivity contribution in [3.8, 4) is 23.0 Å². The van der Waals surface area contributed by atoms with Gasteiger partial charge in [-0.1, -0.05) is 0 Å². The second-order valence-corrected chi connectivity index (χ2v) is 7.68. The maximum Gasteiger partial charge on any atom is 0.434 e. The predicted octanol–water partition coefficient (Wildman–Crippen LogP) is 3.37. The topological polar surface area (TPSA) is 74.1 Å². The Kier molecular flexibility index (Phi) is 4.68. The number of benzene rings is 1. The van der Waals surface area contributed by atoms with Crippen molar-refractivity contribution in [1.82, 2.24) is 14.5 Å². The zero-order valence-corrected chi connectivity index (χ0v) is 15.0. The van der Waals surface area contributed by atoms with Crippen LogP contribution in [0.4, 0.5) is 13.2 Å². The molecule has 0 saturated carbocycles. The molecule has 0 bridgehead atoms. The molecule has 0 spiro atoms. The van der Waals surface area contributed by atoms with Crippen LogP contribution in [0.15, 0.2) is 53.7 Å². The summed E-state index contributed by atoms with van der Waals surface area (Å²) in [6.07, 6.45) is -1.36. The third kappa shape index (κ3) is 3.95. The molecule has 2 aromatic heterocycles. The SMILES string of the molecule is COc1ccnc(-c2nc(C(F)(F)F)cn2-c2ccc(S(C)(=O)=O)cc2)c1. The number of sulfone groups is 1. The molecule has 0 aliphatic rings. The lowest BCUT2D eigenvalue weighted by Gasteiger charge is -2.09. The summed E-state index contributed by atoms with van der Waals surface area (Å²) in [6, 6.07) is 8.47. The molecule has 0 amide bonds. The van der Waals surface area contributed by atoms with Gasteiger partial charge in [0.15, 0.2) is 21.4 Å². The molecule has 0 N–H and O–H groups in total. The van der Waals surface area contributed by atoms with E-state index >= 15 is 0 Å². The molecular formula is C17H14F3N3O3S. The third-order valence-corrected chi connectivity index (χ3v) is 4.86. The Hall–Kier alpha value is -2.88. The third-order valence-electron chi connectivity index (χ3n) is 3.74. The summed E-state index contributed by atoms with van der Waals surface area (Å²) in [5.41, 5.74) is -0.601. The maximum absolute atomic E-state index is 13.2. The number of hydrogen-bond donors (Lipinski definition) is 0. The first-order valence-electron chi connectivity index (χ1n) is 7.57. The van der Waals surface area contributed by atoms with E-state index in [1.807, 2.05) is 0 Å². The minimum atomic E-state index is -4.65. The molecule has 1 aromatic carbocycles. The van der Waals surface area contributed by atoms with Crippen molar-refractivity contribution < 1.29 is 26.3 Å². The van der Waals surface area contributed by atoms with Crippen molar-refractivity contribution in [2.45, 2.75) is 11.1 Å². The number of rotatable bonds is 4. The van der Waals surface area contributed by atoms with Gasteiger partial charge in [0.2, 0.25) is 0 Å². The summed E-state index contributed by atoms with van der Waals surface area (Å²) in [5.74, 6) is 0.365. The first kappa shape index (κ1) is 18.9. The maximum atomic E-state index is 13.2. The van der Waals surface area contributed by atoms with Crippen LogP contribution in [0.3, 0.4) is 0 Å². The second kappa shape index (κ2) is 6.69. The van der Waals surface area contributed by atoms with E-state index in [4.69, 9.17) is 4.74 Å². The highest BCUT2D eigenvalue weighted by Gasteiger charge is 2.35. The lowest BCUT2D eigenvalue weighted by atomic mass is 10.3. The number of aromatic nitrogens is 3. The van der Waals surface area contributed by atoms with Crippen LogP contribution in [0.2, 0.25) is 0 Å². The quantitative estimate of drug-likeness (QED) is 0.675. The zero-order chi connectivity index (χ0) is 19.8. The molecule has 0 atom stereocenters. The number of methoxy groups -OCH3 is 1. The largest absolute Gasteiger partial charge is 0.497 e. The van der Waals surface area contributed by atoms with Gasteiger partial charge in [0.05, 0.1) is 12.0 Å². The van der Waals surface area contributed by atoms with Crippen molar-refractivity contribution in [3.05, 3.63) is 54.5 Å². The highest BCUT2D eigenvalue weighted by molar-refractivity contribution is 7.90. The van der Waals surface area contributed by atoms with Gasteiger partial charge in [-0.3, -0.25) is 9.55 Å². The normalized spacial score (nSPS) is 12.2. The lowest BCUT2D eigenvalue weighted by Crippen LogP contribution is -2.05. The molecule has 3 aromatic rings. The Morgan fingerprint density at radius 1 is 1.11 bits per heavy atom. The number of pyridine rings is 1. The fourth-order valence-electron chi connectivity index (χ4n) is 2.41. The summed E-state index contributed by atoms with van der Waals surface area (Å²) < 4.78 is 69.0. The summed E-state index contributed by atoms with van der Waals surface area (Å²) >= 11 is 0. The van der Waals surface area contributed by atoms with E-state index in [0.29, 0.717) is 11.4 Å². The Morgan fingerprint density at radius 3 is 2.33 bits per heavy atom. The Labute approximate surface area is 153 Å². The second-order valence-electron chi connectivity index (χ2n) is 5.66. The van der Waals surface area contributed by atoms with Crippen molar-refractivity contribution in [2.24, 2.45) is 0 Å². The molecule has 10 heteroatoms. The van der Waals surface area contributed by atoms with Crippen molar-refractivity contribution >= 4 is 9.84 Å². The number of ether oxygens (including phenoxy) is 1. The van der Waals surface area contributed by atoms with Gasteiger partial charge >= 0.3 is 6.18 Å². The summed E-state index contributed by atoms with van der Waals surface area (Å²) in [5, 5.41) is 0. The monoisotopic (exact) mass is 397 g/mol. The van der Waals surface area contributed by atoms with Crippen molar-refractivity contribution in [1.29, 1.82) is 0 Å². The van der Waals surface area contributed by atoms with Crippen LogP contribution in [0.25, 0.3) is 17.2 Å². The number of hydrogen-bond acceptors (Lipinski definition) is 5. The van der Waals surface area contributed by atoms with E-state index in [1.165, 1.54) is 48.2 Å². The van der Waals surface area contributed by atoms with Gasteiger partial charge in [-0.05, 0) is 30.3 Å². The van der Waals surface area contributed by atoms with Gasteiger partial charge in [-0.15, -0.1) is 0 Å². The number of imidazole rings is 1. The fourth-order valence-corrected chi connectivity index (χ4v) is 3.04. The molecule has 0 aliphatic heterocycles. The average Bonchev–Trinajstić information content (AvgIpc) is 3.07. The first-order valence-corrected chi connectivity index (χ1v) is 9.46. The van der Waals surface area contributed by atoms with Gasteiger partial charge in [0.25, 0.3) is 0 Å². The van der Waals surface area contributed by atoms with Crippen LogP contribution in [-0.2, 0) is 16.0 Å². The molecule has 0 unspecified atom stereocenters. The van der Waals surface area contributed by atoms with Crippen LogP contribution in [0, 0.1) is 0 Å². The van der Waals surface area contributed by atoms with E-state index in [2.05, 4.69) is 9.97 Å². The zero-order valence-electron chi connectivity index (χ0n) is 14.2. The Balaban J connectivity index is 2.17. The molecule has 0 fully saturated rings. The number of halogens is 3. The smallest absolute Gasteiger partial charge is 0.434 e. The van der Waals surface area contributed by atoms with Crippen LogP contribution < -0.4 is 4.74 Å². The van der Waals surface area contributed by atoms with E-state index in [1.54, 1.807) is 6.07 Å². The van der Waals surface area contributed by atoms with Gasteiger partial charge in [0.1, 0.15) is 11.4 Å². The predicted molar refractivity (Wildman–Crippen MR) is 91.5 cm³/mol. The van der Waals surface area contributed by atoms with Crippen LogP contribution in [0.5, 0.6) is 5.75 Å². The first-order chi connectivity index (χ1) is 12.6. The molecular weight excluding hydrogens is 383 g/mol. The molecule has 0 saturated heterocycles. The van der Waals surface area contributed by atoms with Crippen LogP contribution in [-0.4, -0.2) is 36.3 Å². The Morgan fingerprint density at radius 2 is 1.78 bits per heavy atom. The van der Waals surface area contributed by atoms with E-state index in [0.717, 1.165) is 12.5 Å². The molecule has 0 aliphatic carbocycles. The summed E-state index contributed by atoms with van der Waals surface area (Å²) in [7, 11) is -2.00. The van der Waals surface area contributed by atoms with E-state index in [9.17, 15) is 21.6 Å². The molecule has 2 heterocycles. The molecule has 6 nitrogen and oxygen atoms in total. The molecule has 0 radical (unpaired) electrons. The van der Waals surface area contributed by atoms with Gasteiger partial charge < -0.3 is 4.74 Å².